The molecule has 28 heavy (non-hydrogen) atoms. The summed E-state index contributed by atoms with van der Waals surface area (Å²) in [7, 11) is 0. The SMILES string of the molecule is Cc1cnc(C(=O)N2CCC3(CC2)CN(Cc2nccs2)C(=O)CCO3)cn1. The van der Waals surface area contributed by atoms with Crippen molar-refractivity contribution in [1.82, 2.24) is 24.8 Å². The third-order valence-corrected chi connectivity index (χ3v) is 6.09. The van der Waals surface area contributed by atoms with Crippen molar-refractivity contribution in [2.24, 2.45) is 0 Å². The molecule has 0 unspecified atom stereocenters. The summed E-state index contributed by atoms with van der Waals surface area (Å²) >= 11 is 1.55. The molecule has 2 aromatic rings. The van der Waals surface area contributed by atoms with Gasteiger partial charge in [-0.15, -0.1) is 11.3 Å². The van der Waals surface area contributed by atoms with Crippen molar-refractivity contribution in [2.45, 2.75) is 38.3 Å². The Labute approximate surface area is 167 Å². The van der Waals surface area contributed by atoms with Crippen molar-refractivity contribution < 1.29 is 14.3 Å². The van der Waals surface area contributed by atoms with E-state index < -0.39 is 5.60 Å². The molecule has 148 valence electrons. The number of thiazole rings is 1. The lowest BCUT2D eigenvalue weighted by Gasteiger charge is -2.42. The molecule has 2 fully saturated rings. The lowest BCUT2D eigenvalue weighted by atomic mass is 9.90. The van der Waals surface area contributed by atoms with E-state index in [4.69, 9.17) is 4.74 Å². The summed E-state index contributed by atoms with van der Waals surface area (Å²) in [6.45, 7) is 4.47. The van der Waals surface area contributed by atoms with E-state index in [9.17, 15) is 9.59 Å². The van der Waals surface area contributed by atoms with Crippen LogP contribution in [-0.2, 0) is 16.1 Å². The summed E-state index contributed by atoms with van der Waals surface area (Å²) in [5, 5.41) is 2.85. The molecule has 0 bridgehead atoms. The van der Waals surface area contributed by atoms with E-state index >= 15 is 0 Å². The second kappa shape index (κ2) is 7.92. The summed E-state index contributed by atoms with van der Waals surface area (Å²) < 4.78 is 6.16. The number of amides is 2. The molecule has 0 aliphatic carbocycles. The van der Waals surface area contributed by atoms with Gasteiger partial charge in [-0.2, -0.15) is 0 Å². The van der Waals surface area contributed by atoms with E-state index in [0.717, 1.165) is 10.7 Å². The van der Waals surface area contributed by atoms with Gasteiger partial charge in [0.2, 0.25) is 5.91 Å². The van der Waals surface area contributed by atoms with E-state index in [1.807, 2.05) is 17.2 Å². The first-order valence-electron chi connectivity index (χ1n) is 9.43. The maximum absolute atomic E-state index is 12.7. The molecule has 4 heterocycles. The Kier molecular flexibility index (Phi) is 5.36. The summed E-state index contributed by atoms with van der Waals surface area (Å²) in [5.41, 5.74) is 0.744. The fraction of sp³-hybridized carbons (Fsp3) is 0.526. The molecule has 4 rings (SSSR count). The third-order valence-electron chi connectivity index (χ3n) is 5.33. The van der Waals surface area contributed by atoms with Crippen LogP contribution >= 0.6 is 11.3 Å². The van der Waals surface area contributed by atoms with Gasteiger partial charge < -0.3 is 14.5 Å². The highest BCUT2D eigenvalue weighted by molar-refractivity contribution is 7.09. The first kappa shape index (κ1) is 18.9. The van der Waals surface area contributed by atoms with Gasteiger partial charge in [0, 0.05) is 30.9 Å². The smallest absolute Gasteiger partial charge is 0.274 e. The fourth-order valence-electron chi connectivity index (χ4n) is 3.72. The Morgan fingerprint density at radius 2 is 2.07 bits per heavy atom. The molecule has 2 saturated heterocycles. The molecule has 0 atom stereocenters. The Bertz CT molecular complexity index is 832. The van der Waals surface area contributed by atoms with Crippen LogP contribution in [0.5, 0.6) is 0 Å². The number of carbonyl (C=O) groups is 2. The van der Waals surface area contributed by atoms with Crippen LogP contribution in [0.4, 0.5) is 0 Å². The zero-order chi connectivity index (χ0) is 19.6. The summed E-state index contributed by atoms with van der Waals surface area (Å²) in [6.07, 6.45) is 6.66. The van der Waals surface area contributed by atoms with Crippen LogP contribution in [0.2, 0.25) is 0 Å². The number of aryl methyl sites for hydroxylation is 1. The molecule has 1 spiro atoms. The largest absolute Gasteiger partial charge is 0.372 e. The zero-order valence-corrected chi connectivity index (χ0v) is 16.7. The Morgan fingerprint density at radius 3 is 2.75 bits per heavy atom. The molecule has 0 aromatic carbocycles. The predicted molar refractivity (Wildman–Crippen MR) is 103 cm³/mol. The quantitative estimate of drug-likeness (QED) is 0.777. The summed E-state index contributed by atoms with van der Waals surface area (Å²) in [5.74, 6) is -0.00722. The Balaban J connectivity index is 1.42. The van der Waals surface area contributed by atoms with Crippen LogP contribution in [0.3, 0.4) is 0 Å². The van der Waals surface area contributed by atoms with Crippen LogP contribution in [0.15, 0.2) is 24.0 Å². The highest BCUT2D eigenvalue weighted by Crippen LogP contribution is 2.31. The maximum Gasteiger partial charge on any atom is 0.274 e. The number of rotatable bonds is 3. The molecule has 0 saturated carbocycles. The zero-order valence-electron chi connectivity index (χ0n) is 15.8. The molecular weight excluding hydrogens is 378 g/mol. The number of hydrogen-bond donors (Lipinski definition) is 0. The highest BCUT2D eigenvalue weighted by atomic mass is 32.1. The standard InChI is InChI=1S/C19H23N5O3S/c1-14-10-22-15(11-21-14)18(26)23-6-3-19(4-7-23)13-24(17(25)2-8-27-19)12-16-20-5-9-28-16/h5,9-11H,2-4,6-8,12-13H2,1H3. The topological polar surface area (TPSA) is 88.5 Å². The fourth-order valence-corrected chi connectivity index (χ4v) is 4.35. The second-order valence-electron chi connectivity index (χ2n) is 7.29. The number of piperidine rings is 1. The highest BCUT2D eigenvalue weighted by Gasteiger charge is 2.41. The number of ether oxygens (including phenoxy) is 1. The molecule has 2 amide bonds. The van der Waals surface area contributed by atoms with Gasteiger partial charge in [-0.3, -0.25) is 14.6 Å². The average molecular weight is 401 g/mol. The molecular formula is C19H23N5O3S. The van der Waals surface area contributed by atoms with Crippen LogP contribution in [0.25, 0.3) is 0 Å². The van der Waals surface area contributed by atoms with Gasteiger partial charge in [0.15, 0.2) is 0 Å². The van der Waals surface area contributed by atoms with E-state index in [2.05, 4.69) is 15.0 Å². The molecule has 2 aliphatic heterocycles. The predicted octanol–water partition coefficient (Wildman–Crippen LogP) is 1.67. The number of likely N-dealkylation sites (tertiary alicyclic amines) is 1. The van der Waals surface area contributed by atoms with Gasteiger partial charge >= 0.3 is 0 Å². The van der Waals surface area contributed by atoms with E-state index in [1.54, 1.807) is 28.6 Å². The number of carbonyl (C=O) groups excluding carboxylic acids is 2. The van der Waals surface area contributed by atoms with Gasteiger partial charge in [0.25, 0.3) is 5.91 Å². The average Bonchev–Trinajstić information content (AvgIpc) is 3.16. The maximum atomic E-state index is 12.7. The third kappa shape index (κ3) is 4.05. The van der Waals surface area contributed by atoms with Crippen molar-refractivity contribution in [3.63, 3.8) is 0 Å². The number of nitrogens with zero attached hydrogens (tertiary/aromatic N) is 5. The van der Waals surface area contributed by atoms with Gasteiger partial charge in [-0.05, 0) is 19.8 Å². The van der Waals surface area contributed by atoms with Crippen molar-refractivity contribution in [3.05, 3.63) is 40.4 Å². The molecule has 0 N–H and O–H groups in total. The molecule has 0 radical (unpaired) electrons. The monoisotopic (exact) mass is 401 g/mol. The first-order valence-corrected chi connectivity index (χ1v) is 10.3. The Hall–Kier alpha value is -2.39. The van der Waals surface area contributed by atoms with Crippen molar-refractivity contribution in [1.29, 1.82) is 0 Å². The first-order chi connectivity index (χ1) is 13.5. The molecule has 2 aliphatic rings. The lowest BCUT2D eigenvalue weighted by molar-refractivity contribution is -0.132. The minimum Gasteiger partial charge on any atom is -0.372 e. The van der Waals surface area contributed by atoms with Crippen molar-refractivity contribution >= 4 is 23.2 Å². The number of hydrogen-bond acceptors (Lipinski definition) is 7. The van der Waals surface area contributed by atoms with Crippen LogP contribution in [0.1, 0.15) is 40.5 Å². The van der Waals surface area contributed by atoms with Crippen LogP contribution in [-0.4, -0.2) is 68.4 Å². The van der Waals surface area contributed by atoms with Crippen molar-refractivity contribution in [2.75, 3.05) is 26.2 Å². The Morgan fingerprint density at radius 1 is 1.25 bits per heavy atom. The minimum atomic E-state index is -0.404. The van der Waals surface area contributed by atoms with E-state index in [-0.39, 0.29) is 11.8 Å². The van der Waals surface area contributed by atoms with Gasteiger partial charge in [-0.25, -0.2) is 9.97 Å². The van der Waals surface area contributed by atoms with E-state index in [1.165, 1.54) is 6.20 Å². The van der Waals surface area contributed by atoms with Gasteiger partial charge in [-0.1, -0.05) is 0 Å². The molecule has 9 heteroatoms. The molecule has 2 aromatic heterocycles. The lowest BCUT2D eigenvalue weighted by Crippen LogP contribution is -2.53. The second-order valence-corrected chi connectivity index (χ2v) is 8.27. The van der Waals surface area contributed by atoms with Crippen LogP contribution < -0.4 is 0 Å². The van der Waals surface area contributed by atoms with Gasteiger partial charge in [0.05, 0.1) is 43.6 Å². The normalized spacial score (nSPS) is 19.7. The van der Waals surface area contributed by atoms with Gasteiger partial charge in [0.1, 0.15) is 10.7 Å². The summed E-state index contributed by atoms with van der Waals surface area (Å²) in [4.78, 5) is 41.5. The summed E-state index contributed by atoms with van der Waals surface area (Å²) in [6, 6.07) is 0. The number of aromatic nitrogens is 3. The molecule has 8 nitrogen and oxygen atoms in total. The van der Waals surface area contributed by atoms with Crippen LogP contribution in [0, 0.1) is 6.92 Å². The van der Waals surface area contributed by atoms with E-state index in [0.29, 0.717) is 57.7 Å². The minimum absolute atomic E-state index is 0.0977. The van der Waals surface area contributed by atoms with Crippen molar-refractivity contribution in [3.8, 4) is 0 Å².